The number of benzene rings is 3. The molecule has 1 aromatic heterocycles. The van der Waals surface area contributed by atoms with Crippen molar-refractivity contribution in [2.75, 3.05) is 6.54 Å². The molecule has 0 unspecified atom stereocenters. The molecule has 0 bridgehead atoms. The summed E-state index contributed by atoms with van der Waals surface area (Å²) in [4.78, 5) is 12.9. The summed E-state index contributed by atoms with van der Waals surface area (Å²) in [6.45, 7) is 0.971. The van der Waals surface area contributed by atoms with Crippen molar-refractivity contribution >= 4 is 28.4 Å². The van der Waals surface area contributed by atoms with Gasteiger partial charge in [-0.15, -0.1) is 0 Å². The van der Waals surface area contributed by atoms with Gasteiger partial charge in [0.2, 0.25) is 0 Å². The quantitative estimate of drug-likeness (QED) is 0.448. The highest BCUT2D eigenvalue weighted by Gasteiger charge is 2.15. The first-order valence-corrected chi connectivity index (χ1v) is 10.2. The molecule has 1 heterocycles. The Morgan fingerprint density at radius 1 is 1.06 bits per heavy atom. The minimum Gasteiger partial charge on any atom is -0.352 e. The Bertz CT molecular complexity index is 1290. The van der Waals surface area contributed by atoms with E-state index in [9.17, 15) is 9.18 Å². The van der Waals surface area contributed by atoms with E-state index in [2.05, 4.69) is 11.4 Å². The maximum Gasteiger partial charge on any atom is 0.253 e. The molecule has 0 spiro atoms. The first-order chi connectivity index (χ1) is 15.0. The summed E-state index contributed by atoms with van der Waals surface area (Å²) in [5.74, 6) is -0.638. The lowest BCUT2D eigenvalue weighted by atomic mass is 10.1. The molecule has 0 saturated heterocycles. The number of carbonyl (C=O) groups is 1. The number of hydrogen-bond donors (Lipinski definition) is 1. The maximum absolute atomic E-state index is 13.6. The van der Waals surface area contributed by atoms with Gasteiger partial charge in [0.1, 0.15) is 5.82 Å². The van der Waals surface area contributed by atoms with E-state index < -0.39 is 5.82 Å². The van der Waals surface area contributed by atoms with Crippen LogP contribution in [0.1, 0.15) is 27.0 Å². The number of carbonyl (C=O) groups excluding carboxylic acids is 1. The first kappa shape index (κ1) is 20.6. The molecule has 31 heavy (non-hydrogen) atoms. The second-order valence-electron chi connectivity index (χ2n) is 7.25. The minimum absolute atomic E-state index is 0.0860. The fraction of sp³-hybridized carbons (Fsp3) is 0.120. The monoisotopic (exact) mass is 431 g/mol. The summed E-state index contributed by atoms with van der Waals surface area (Å²) in [5, 5.41) is 12.8. The highest BCUT2D eigenvalue weighted by Crippen LogP contribution is 2.23. The lowest BCUT2D eigenvalue weighted by Gasteiger charge is -2.06. The van der Waals surface area contributed by atoms with Crippen molar-refractivity contribution in [2.24, 2.45) is 0 Å². The number of halogens is 2. The van der Waals surface area contributed by atoms with Crippen molar-refractivity contribution in [1.29, 1.82) is 5.26 Å². The van der Waals surface area contributed by atoms with E-state index in [4.69, 9.17) is 16.9 Å². The van der Waals surface area contributed by atoms with Gasteiger partial charge in [0, 0.05) is 30.2 Å². The van der Waals surface area contributed by atoms with Crippen LogP contribution in [0.4, 0.5) is 4.39 Å². The Hall–Kier alpha value is -3.62. The Kier molecular flexibility index (Phi) is 6.01. The highest BCUT2D eigenvalue weighted by molar-refractivity contribution is 6.30. The molecule has 3 aromatic carbocycles. The number of aromatic nitrogens is 1. The van der Waals surface area contributed by atoms with Gasteiger partial charge in [-0.1, -0.05) is 48.0 Å². The van der Waals surface area contributed by atoms with E-state index in [1.54, 1.807) is 18.2 Å². The summed E-state index contributed by atoms with van der Waals surface area (Å²) >= 11 is 5.71. The van der Waals surface area contributed by atoms with Gasteiger partial charge in [-0.25, -0.2) is 4.39 Å². The maximum atomic E-state index is 13.6. The molecule has 0 aliphatic heterocycles. The van der Waals surface area contributed by atoms with Gasteiger partial charge >= 0.3 is 0 Å². The van der Waals surface area contributed by atoms with Crippen molar-refractivity contribution in [3.63, 3.8) is 0 Å². The molecule has 0 saturated carbocycles. The van der Waals surface area contributed by atoms with Crippen LogP contribution in [0, 0.1) is 17.1 Å². The predicted octanol–water partition coefficient (Wildman–Crippen LogP) is 5.33. The molecular formula is C25H19ClFN3O. The van der Waals surface area contributed by atoms with Crippen molar-refractivity contribution in [1.82, 2.24) is 9.88 Å². The zero-order valence-corrected chi connectivity index (χ0v) is 17.4. The topological polar surface area (TPSA) is 57.8 Å². The van der Waals surface area contributed by atoms with E-state index in [1.807, 2.05) is 47.2 Å². The van der Waals surface area contributed by atoms with E-state index >= 15 is 0 Å². The second-order valence-corrected chi connectivity index (χ2v) is 7.66. The summed E-state index contributed by atoms with van der Waals surface area (Å²) in [6, 6.07) is 21.9. The fourth-order valence-electron chi connectivity index (χ4n) is 3.55. The molecule has 0 radical (unpaired) electrons. The lowest BCUT2D eigenvalue weighted by Crippen LogP contribution is -2.25. The van der Waals surface area contributed by atoms with Gasteiger partial charge < -0.3 is 9.88 Å². The number of nitrogens with one attached hydrogen (secondary N) is 1. The number of para-hydroxylation sites is 1. The molecule has 0 fully saturated rings. The van der Waals surface area contributed by atoms with Gasteiger partial charge in [0.05, 0.1) is 22.2 Å². The number of fused-ring (bicyclic) bond motifs is 1. The SMILES string of the molecule is N#Cc1ccc(Cn2cc(C(=O)NCCc3ccc(Cl)c(F)c3)c3ccccc32)cc1. The first-order valence-electron chi connectivity index (χ1n) is 9.84. The summed E-state index contributed by atoms with van der Waals surface area (Å²) in [6.07, 6.45) is 2.35. The Morgan fingerprint density at radius 2 is 1.81 bits per heavy atom. The molecule has 0 atom stereocenters. The number of rotatable bonds is 6. The van der Waals surface area contributed by atoms with Crippen LogP contribution in [0.5, 0.6) is 0 Å². The third kappa shape index (κ3) is 4.60. The van der Waals surface area contributed by atoms with Crippen LogP contribution in [0.2, 0.25) is 5.02 Å². The molecule has 1 N–H and O–H groups in total. The average Bonchev–Trinajstić information content (AvgIpc) is 3.15. The smallest absolute Gasteiger partial charge is 0.253 e. The predicted molar refractivity (Wildman–Crippen MR) is 120 cm³/mol. The van der Waals surface area contributed by atoms with Gasteiger partial charge in [-0.2, -0.15) is 5.26 Å². The molecule has 154 valence electrons. The standard InChI is InChI=1S/C25H19ClFN3O/c26-22-10-9-17(13-23(22)27)11-12-29-25(31)21-16-30(24-4-2-1-3-20(21)24)15-19-7-5-18(14-28)6-8-19/h1-10,13,16H,11-12,15H2,(H,29,31). The van der Waals surface area contributed by atoms with Crippen molar-refractivity contribution in [3.8, 4) is 6.07 Å². The molecule has 4 aromatic rings. The van der Waals surface area contributed by atoms with Crippen LogP contribution < -0.4 is 5.32 Å². The Morgan fingerprint density at radius 3 is 2.55 bits per heavy atom. The third-order valence-electron chi connectivity index (χ3n) is 5.15. The minimum atomic E-state index is -0.462. The fourth-order valence-corrected chi connectivity index (χ4v) is 3.67. The zero-order chi connectivity index (χ0) is 21.8. The van der Waals surface area contributed by atoms with E-state index in [0.29, 0.717) is 30.6 Å². The highest BCUT2D eigenvalue weighted by atomic mass is 35.5. The molecule has 4 nitrogen and oxygen atoms in total. The summed E-state index contributed by atoms with van der Waals surface area (Å²) in [5.41, 5.74) is 3.96. The van der Waals surface area contributed by atoms with Gasteiger partial charge in [0.15, 0.2) is 0 Å². The van der Waals surface area contributed by atoms with Gasteiger partial charge in [-0.05, 0) is 47.9 Å². The van der Waals surface area contributed by atoms with Crippen molar-refractivity contribution < 1.29 is 9.18 Å². The molecule has 1 amide bonds. The Balaban J connectivity index is 1.50. The third-order valence-corrected chi connectivity index (χ3v) is 5.46. The molecular weight excluding hydrogens is 413 g/mol. The summed E-state index contributed by atoms with van der Waals surface area (Å²) in [7, 11) is 0. The molecule has 0 aliphatic rings. The molecule has 6 heteroatoms. The second kappa shape index (κ2) is 9.03. The summed E-state index contributed by atoms with van der Waals surface area (Å²) < 4.78 is 15.6. The van der Waals surface area contributed by atoms with E-state index in [-0.39, 0.29) is 10.9 Å². The Labute approximate surface area is 184 Å². The average molecular weight is 432 g/mol. The normalized spacial score (nSPS) is 10.7. The number of nitriles is 1. The molecule has 4 rings (SSSR count). The van der Waals surface area contributed by atoms with Crippen LogP contribution in [0.3, 0.4) is 0 Å². The molecule has 0 aliphatic carbocycles. The van der Waals surface area contributed by atoms with Crippen LogP contribution in [-0.4, -0.2) is 17.0 Å². The van der Waals surface area contributed by atoms with E-state index in [0.717, 1.165) is 22.0 Å². The zero-order valence-electron chi connectivity index (χ0n) is 16.6. The number of nitrogens with zero attached hydrogens (tertiary/aromatic N) is 2. The van der Waals surface area contributed by atoms with Crippen molar-refractivity contribution in [2.45, 2.75) is 13.0 Å². The number of amides is 1. The largest absolute Gasteiger partial charge is 0.352 e. The van der Waals surface area contributed by atoms with Gasteiger partial charge in [0.25, 0.3) is 5.91 Å². The van der Waals surface area contributed by atoms with Crippen molar-refractivity contribution in [3.05, 3.63) is 106 Å². The lowest BCUT2D eigenvalue weighted by molar-refractivity contribution is 0.0955. The van der Waals surface area contributed by atoms with Crippen LogP contribution in [-0.2, 0) is 13.0 Å². The van der Waals surface area contributed by atoms with Crippen LogP contribution in [0.15, 0.2) is 72.9 Å². The van der Waals surface area contributed by atoms with Crippen LogP contribution >= 0.6 is 11.6 Å². The van der Waals surface area contributed by atoms with Gasteiger partial charge in [-0.3, -0.25) is 4.79 Å². The van der Waals surface area contributed by atoms with E-state index in [1.165, 1.54) is 12.1 Å². The number of hydrogen-bond acceptors (Lipinski definition) is 2. The van der Waals surface area contributed by atoms with Crippen LogP contribution in [0.25, 0.3) is 10.9 Å².